The highest BCUT2D eigenvalue weighted by molar-refractivity contribution is 5.96. The Bertz CT molecular complexity index is 1580. The van der Waals surface area contributed by atoms with Crippen LogP contribution in [0.5, 0.6) is 11.6 Å². The summed E-state index contributed by atoms with van der Waals surface area (Å²) in [5.41, 5.74) is 2.60. The number of fused-ring (bicyclic) bond motifs is 1. The maximum Gasteiger partial charge on any atom is 0.338 e. The first kappa shape index (κ1) is 28.7. The summed E-state index contributed by atoms with van der Waals surface area (Å²) in [7, 11) is 3.10. The van der Waals surface area contributed by atoms with Crippen LogP contribution >= 0.6 is 0 Å². The van der Waals surface area contributed by atoms with E-state index in [-0.39, 0.29) is 11.9 Å². The average molecular weight is 574 g/mol. The summed E-state index contributed by atoms with van der Waals surface area (Å²) in [6, 6.07) is 12.0. The summed E-state index contributed by atoms with van der Waals surface area (Å²) in [5.74, 6) is 0.856. The van der Waals surface area contributed by atoms with Gasteiger partial charge in [0.15, 0.2) is 11.4 Å². The van der Waals surface area contributed by atoms with Gasteiger partial charge in [0, 0.05) is 24.7 Å². The molecule has 1 aliphatic rings. The third-order valence-electron chi connectivity index (χ3n) is 6.77. The van der Waals surface area contributed by atoms with Gasteiger partial charge >= 0.3 is 5.97 Å². The Labute approximate surface area is 244 Å². The number of hydrogen-bond donors (Lipinski definition) is 2. The van der Waals surface area contributed by atoms with Crippen LogP contribution in [0.25, 0.3) is 5.65 Å². The summed E-state index contributed by atoms with van der Waals surface area (Å²) < 4.78 is 17.8. The fraction of sp³-hybridized carbons (Fsp3) is 0.367. The minimum absolute atomic E-state index is 0.0628. The minimum atomic E-state index is -0.588. The van der Waals surface area contributed by atoms with E-state index in [4.69, 9.17) is 14.2 Å². The number of carbonyl (C=O) groups excluding carboxylic acids is 2. The van der Waals surface area contributed by atoms with Crippen LogP contribution in [0.15, 0.2) is 55.0 Å². The van der Waals surface area contributed by atoms with E-state index in [1.165, 1.54) is 13.4 Å². The molecule has 0 saturated carbocycles. The fourth-order valence-corrected chi connectivity index (χ4v) is 4.81. The molecule has 1 aromatic carbocycles. The lowest BCUT2D eigenvalue weighted by Crippen LogP contribution is -2.47. The number of rotatable bonds is 8. The number of carbonyl (C=O) groups is 2. The molecule has 0 aliphatic carbocycles. The van der Waals surface area contributed by atoms with Gasteiger partial charge in [-0.1, -0.05) is 0 Å². The van der Waals surface area contributed by atoms with Crippen LogP contribution in [0, 0.1) is 0 Å². The number of hydrogen-bond acceptors (Lipinski definition) is 10. The molecular weight excluding hydrogens is 538 g/mol. The predicted octanol–water partition coefficient (Wildman–Crippen LogP) is 4.24. The van der Waals surface area contributed by atoms with E-state index in [0.717, 1.165) is 30.8 Å². The number of ether oxygens (including phenoxy) is 3. The zero-order chi connectivity index (χ0) is 29.9. The highest BCUT2D eigenvalue weighted by atomic mass is 16.6. The lowest BCUT2D eigenvalue weighted by atomic mass is 10.0. The number of piperidine rings is 1. The first-order valence-electron chi connectivity index (χ1n) is 13.7. The molecule has 2 N–H and O–H groups in total. The smallest absolute Gasteiger partial charge is 0.338 e. The summed E-state index contributed by atoms with van der Waals surface area (Å²) in [6.45, 7) is 6.90. The van der Waals surface area contributed by atoms with Crippen LogP contribution < -0.4 is 25.0 Å². The lowest BCUT2D eigenvalue weighted by molar-refractivity contribution is 0.00692. The molecule has 42 heavy (non-hydrogen) atoms. The molecule has 4 heterocycles. The largest absolute Gasteiger partial charge is 0.491 e. The van der Waals surface area contributed by atoms with E-state index in [1.54, 1.807) is 48.0 Å². The van der Waals surface area contributed by atoms with Crippen molar-refractivity contribution < 1.29 is 23.8 Å². The second-order valence-corrected chi connectivity index (χ2v) is 11.0. The van der Waals surface area contributed by atoms with Gasteiger partial charge in [-0.2, -0.15) is 10.1 Å². The molecule has 1 atom stereocenters. The molecule has 5 rings (SSSR count). The Morgan fingerprint density at radius 2 is 1.79 bits per heavy atom. The van der Waals surface area contributed by atoms with Crippen LogP contribution in [-0.4, -0.2) is 70.4 Å². The first-order valence-corrected chi connectivity index (χ1v) is 13.7. The van der Waals surface area contributed by atoms with E-state index in [0.29, 0.717) is 40.8 Å². The van der Waals surface area contributed by atoms with Crippen molar-refractivity contribution in [3.8, 4) is 11.6 Å². The monoisotopic (exact) mass is 573 g/mol. The summed E-state index contributed by atoms with van der Waals surface area (Å²) in [6.07, 6.45) is 5.18. The highest BCUT2D eigenvalue weighted by Gasteiger charge is 2.24. The van der Waals surface area contributed by atoms with Crippen LogP contribution in [0.1, 0.15) is 54.3 Å². The Morgan fingerprint density at radius 1 is 1.02 bits per heavy atom. The van der Waals surface area contributed by atoms with E-state index in [1.807, 2.05) is 33.0 Å². The molecule has 220 valence electrons. The minimum Gasteiger partial charge on any atom is -0.491 e. The van der Waals surface area contributed by atoms with E-state index in [2.05, 4.69) is 30.6 Å². The van der Waals surface area contributed by atoms with Gasteiger partial charge in [0.05, 0.1) is 37.4 Å². The van der Waals surface area contributed by atoms with Crippen LogP contribution in [0.3, 0.4) is 0 Å². The normalized spacial score (nSPS) is 15.3. The summed E-state index contributed by atoms with van der Waals surface area (Å²) >= 11 is 0. The van der Waals surface area contributed by atoms with Gasteiger partial charge in [-0.25, -0.2) is 14.3 Å². The van der Waals surface area contributed by atoms with Crippen molar-refractivity contribution >= 4 is 34.7 Å². The lowest BCUT2D eigenvalue weighted by Gasteiger charge is -2.35. The van der Waals surface area contributed by atoms with Crippen molar-refractivity contribution in [1.29, 1.82) is 0 Å². The Kier molecular flexibility index (Phi) is 8.14. The van der Waals surface area contributed by atoms with Crippen molar-refractivity contribution in [2.75, 3.05) is 37.5 Å². The van der Waals surface area contributed by atoms with Gasteiger partial charge in [0.25, 0.3) is 11.8 Å². The van der Waals surface area contributed by atoms with E-state index >= 15 is 0 Å². The maximum absolute atomic E-state index is 13.1. The number of anilines is 3. The number of amides is 1. The second kappa shape index (κ2) is 11.9. The molecule has 0 radical (unpaired) electrons. The molecule has 12 heteroatoms. The van der Waals surface area contributed by atoms with Gasteiger partial charge in [-0.15, -0.1) is 0 Å². The highest BCUT2D eigenvalue weighted by Crippen LogP contribution is 2.31. The molecule has 1 amide bonds. The number of benzene rings is 1. The fourth-order valence-electron chi connectivity index (χ4n) is 4.81. The number of nitrogens with zero attached hydrogens (tertiary/aromatic N) is 5. The third kappa shape index (κ3) is 6.54. The van der Waals surface area contributed by atoms with Gasteiger partial charge in [0.1, 0.15) is 17.7 Å². The maximum atomic E-state index is 13.1. The van der Waals surface area contributed by atoms with Crippen molar-refractivity contribution in [1.82, 2.24) is 24.9 Å². The molecule has 0 bridgehead atoms. The molecule has 12 nitrogen and oxygen atoms in total. The zero-order valence-corrected chi connectivity index (χ0v) is 24.4. The number of aromatic nitrogens is 4. The molecule has 1 unspecified atom stereocenters. The van der Waals surface area contributed by atoms with Crippen molar-refractivity contribution in [3.05, 3.63) is 66.1 Å². The number of nitrogens with one attached hydrogen (secondary N) is 2. The van der Waals surface area contributed by atoms with Crippen molar-refractivity contribution in [3.63, 3.8) is 0 Å². The SMILES string of the molecule is COc1ccc(Nc2cc(N3CCCC(NC(=O)c4ccc(C(=O)OC(C)(C)C)cc4)C3)cn3ncnc23)nc1OC. The topological polar surface area (TPSA) is 132 Å². The molecule has 4 aromatic rings. The molecule has 1 fully saturated rings. The molecule has 0 spiro atoms. The number of methoxy groups -OCH3 is 2. The first-order chi connectivity index (χ1) is 20.1. The number of pyridine rings is 2. The summed E-state index contributed by atoms with van der Waals surface area (Å²) in [5, 5.41) is 10.8. The van der Waals surface area contributed by atoms with Gasteiger partial charge in [-0.3, -0.25) is 4.79 Å². The van der Waals surface area contributed by atoms with Crippen LogP contribution in [0.2, 0.25) is 0 Å². The standard InChI is InChI=1S/C30H35N7O5/c1-30(2,3)42-29(39)20-10-8-19(9-11-20)27(38)33-21-7-6-14-36(16-21)22-15-23(26-31-18-32-37(26)17-22)34-25-13-12-24(40-4)28(35-25)41-5/h8-13,15,17-18,21H,6-7,14,16H2,1-5H3,(H,33,38)(H,34,35). The summed E-state index contributed by atoms with van der Waals surface area (Å²) in [4.78, 5) is 36.5. The zero-order valence-electron chi connectivity index (χ0n) is 24.4. The van der Waals surface area contributed by atoms with E-state index < -0.39 is 11.6 Å². The van der Waals surface area contributed by atoms with Crippen LogP contribution in [0.4, 0.5) is 17.2 Å². The Morgan fingerprint density at radius 3 is 2.50 bits per heavy atom. The Hall–Kier alpha value is -4.87. The second-order valence-electron chi connectivity index (χ2n) is 11.0. The molecule has 3 aromatic heterocycles. The molecular formula is C30H35N7O5. The molecule has 1 saturated heterocycles. The predicted molar refractivity (Wildman–Crippen MR) is 158 cm³/mol. The van der Waals surface area contributed by atoms with Crippen molar-refractivity contribution in [2.24, 2.45) is 0 Å². The van der Waals surface area contributed by atoms with Crippen LogP contribution in [-0.2, 0) is 4.74 Å². The van der Waals surface area contributed by atoms with Gasteiger partial charge in [-0.05, 0) is 76.1 Å². The third-order valence-corrected chi connectivity index (χ3v) is 6.77. The van der Waals surface area contributed by atoms with Gasteiger partial charge in [0.2, 0.25) is 0 Å². The van der Waals surface area contributed by atoms with E-state index in [9.17, 15) is 9.59 Å². The van der Waals surface area contributed by atoms with Crippen molar-refractivity contribution in [2.45, 2.75) is 45.3 Å². The van der Waals surface area contributed by atoms with Gasteiger partial charge < -0.3 is 29.7 Å². The number of esters is 1. The quantitative estimate of drug-likeness (QED) is 0.295. The molecule has 1 aliphatic heterocycles. The Balaban J connectivity index is 1.29. The average Bonchev–Trinajstić information content (AvgIpc) is 3.46.